The fourth-order valence-corrected chi connectivity index (χ4v) is 1.66. The molecule has 0 aliphatic rings. The van der Waals surface area contributed by atoms with E-state index in [1.807, 2.05) is 0 Å². The standard InChI is InChI=1S/C10H20OS/c1-4-7-12-8-10(11)6-5-9(2)3/h9H,4-8H2,1-3H3. The van der Waals surface area contributed by atoms with Gasteiger partial charge in [-0.3, -0.25) is 4.79 Å². The predicted octanol–water partition coefficient (Wildman–Crippen LogP) is 3.13. The van der Waals surface area contributed by atoms with Gasteiger partial charge < -0.3 is 0 Å². The minimum Gasteiger partial charge on any atom is -0.299 e. The van der Waals surface area contributed by atoms with Crippen molar-refractivity contribution in [2.75, 3.05) is 11.5 Å². The molecule has 0 heterocycles. The second-order valence-corrected chi connectivity index (χ2v) is 4.63. The van der Waals surface area contributed by atoms with Gasteiger partial charge in [-0.15, -0.1) is 0 Å². The highest BCUT2D eigenvalue weighted by molar-refractivity contribution is 7.99. The molecule has 1 nitrogen and oxygen atoms in total. The summed E-state index contributed by atoms with van der Waals surface area (Å²) < 4.78 is 0. The Bertz CT molecular complexity index is 121. The Morgan fingerprint density at radius 1 is 1.42 bits per heavy atom. The van der Waals surface area contributed by atoms with Crippen LogP contribution in [0.5, 0.6) is 0 Å². The van der Waals surface area contributed by atoms with Gasteiger partial charge in [0.15, 0.2) is 0 Å². The van der Waals surface area contributed by atoms with Crippen molar-refractivity contribution >= 4 is 17.5 Å². The Hall–Kier alpha value is 0.0200. The summed E-state index contributed by atoms with van der Waals surface area (Å²) in [5, 5.41) is 0. The Balaban J connectivity index is 3.22. The maximum absolute atomic E-state index is 11.2. The molecule has 0 amide bonds. The third kappa shape index (κ3) is 8.12. The van der Waals surface area contributed by atoms with Gasteiger partial charge >= 0.3 is 0 Å². The van der Waals surface area contributed by atoms with Crippen molar-refractivity contribution in [2.45, 2.75) is 40.0 Å². The van der Waals surface area contributed by atoms with Gasteiger partial charge in [-0.25, -0.2) is 0 Å². The van der Waals surface area contributed by atoms with Gasteiger partial charge in [0, 0.05) is 6.42 Å². The Morgan fingerprint density at radius 3 is 2.58 bits per heavy atom. The monoisotopic (exact) mass is 188 g/mol. The Morgan fingerprint density at radius 2 is 2.08 bits per heavy atom. The lowest BCUT2D eigenvalue weighted by molar-refractivity contribution is -0.116. The number of rotatable bonds is 7. The highest BCUT2D eigenvalue weighted by Crippen LogP contribution is 2.08. The lowest BCUT2D eigenvalue weighted by atomic mass is 10.1. The third-order valence-corrected chi connectivity index (χ3v) is 2.84. The molecule has 0 aliphatic heterocycles. The van der Waals surface area contributed by atoms with Crippen LogP contribution in [0.3, 0.4) is 0 Å². The maximum atomic E-state index is 11.2. The lowest BCUT2D eigenvalue weighted by Crippen LogP contribution is -2.03. The first-order chi connectivity index (χ1) is 5.66. The van der Waals surface area contributed by atoms with Crippen molar-refractivity contribution < 1.29 is 4.79 Å². The molecule has 0 atom stereocenters. The SMILES string of the molecule is CCCSCC(=O)CCC(C)C. The molecule has 0 aliphatic carbocycles. The van der Waals surface area contributed by atoms with E-state index in [2.05, 4.69) is 20.8 Å². The van der Waals surface area contributed by atoms with Crippen molar-refractivity contribution in [2.24, 2.45) is 5.92 Å². The van der Waals surface area contributed by atoms with E-state index in [0.717, 1.165) is 24.3 Å². The van der Waals surface area contributed by atoms with E-state index in [1.165, 1.54) is 6.42 Å². The van der Waals surface area contributed by atoms with Crippen molar-refractivity contribution in [1.82, 2.24) is 0 Å². The molecule has 0 aromatic rings. The molecule has 12 heavy (non-hydrogen) atoms. The molecule has 0 saturated carbocycles. The van der Waals surface area contributed by atoms with E-state index >= 15 is 0 Å². The molecule has 0 spiro atoms. The molecule has 0 aromatic heterocycles. The first kappa shape index (κ1) is 12.0. The first-order valence-electron chi connectivity index (χ1n) is 4.76. The van der Waals surface area contributed by atoms with Crippen LogP contribution in [0.15, 0.2) is 0 Å². The van der Waals surface area contributed by atoms with Gasteiger partial charge in [0.1, 0.15) is 5.78 Å². The van der Waals surface area contributed by atoms with Gasteiger partial charge in [-0.1, -0.05) is 20.8 Å². The summed E-state index contributed by atoms with van der Waals surface area (Å²) in [7, 11) is 0. The summed E-state index contributed by atoms with van der Waals surface area (Å²) in [5.41, 5.74) is 0. The molecule has 72 valence electrons. The molecule has 0 radical (unpaired) electrons. The van der Waals surface area contributed by atoms with Crippen LogP contribution >= 0.6 is 11.8 Å². The van der Waals surface area contributed by atoms with Gasteiger partial charge in [0.2, 0.25) is 0 Å². The quantitative estimate of drug-likeness (QED) is 0.571. The van der Waals surface area contributed by atoms with Crippen LogP contribution in [-0.4, -0.2) is 17.3 Å². The van der Waals surface area contributed by atoms with Crippen LogP contribution in [0.4, 0.5) is 0 Å². The van der Waals surface area contributed by atoms with E-state index in [9.17, 15) is 4.79 Å². The lowest BCUT2D eigenvalue weighted by Gasteiger charge is -2.02. The topological polar surface area (TPSA) is 17.1 Å². The molecule has 0 unspecified atom stereocenters. The number of Topliss-reactive ketones (excluding diaryl/α,β-unsaturated/α-hetero) is 1. The summed E-state index contributed by atoms with van der Waals surface area (Å²) in [4.78, 5) is 11.2. The zero-order chi connectivity index (χ0) is 9.40. The average Bonchev–Trinajstić information content (AvgIpc) is 2.01. The van der Waals surface area contributed by atoms with E-state index in [-0.39, 0.29) is 0 Å². The van der Waals surface area contributed by atoms with Crippen LogP contribution in [0.1, 0.15) is 40.0 Å². The van der Waals surface area contributed by atoms with Gasteiger partial charge in [0.25, 0.3) is 0 Å². The van der Waals surface area contributed by atoms with Crippen molar-refractivity contribution in [3.05, 3.63) is 0 Å². The highest BCUT2D eigenvalue weighted by Gasteiger charge is 2.02. The van der Waals surface area contributed by atoms with E-state index in [4.69, 9.17) is 0 Å². The van der Waals surface area contributed by atoms with Crippen LogP contribution in [0.2, 0.25) is 0 Å². The number of carbonyl (C=O) groups is 1. The molecule has 2 heteroatoms. The van der Waals surface area contributed by atoms with Crippen molar-refractivity contribution in [3.8, 4) is 0 Å². The molecule has 0 saturated heterocycles. The summed E-state index contributed by atoms with van der Waals surface area (Å²) >= 11 is 1.76. The van der Waals surface area contributed by atoms with Gasteiger partial charge in [-0.05, 0) is 24.5 Å². The van der Waals surface area contributed by atoms with Crippen LogP contribution < -0.4 is 0 Å². The average molecular weight is 188 g/mol. The minimum absolute atomic E-state index is 0.419. The largest absolute Gasteiger partial charge is 0.299 e. The van der Waals surface area contributed by atoms with Crippen LogP contribution in [-0.2, 0) is 4.79 Å². The smallest absolute Gasteiger partial charge is 0.142 e. The molecule has 0 bridgehead atoms. The summed E-state index contributed by atoms with van der Waals surface area (Å²) in [5.74, 6) is 2.92. The van der Waals surface area contributed by atoms with E-state index in [1.54, 1.807) is 11.8 Å². The van der Waals surface area contributed by atoms with Gasteiger partial charge in [-0.2, -0.15) is 11.8 Å². The number of carbonyl (C=O) groups excluding carboxylic acids is 1. The molecule has 0 fully saturated rings. The molecule has 0 N–H and O–H groups in total. The van der Waals surface area contributed by atoms with Crippen molar-refractivity contribution in [1.29, 1.82) is 0 Å². The predicted molar refractivity (Wildman–Crippen MR) is 56.7 cm³/mol. The third-order valence-electron chi connectivity index (χ3n) is 1.61. The van der Waals surface area contributed by atoms with Crippen LogP contribution in [0, 0.1) is 5.92 Å². The summed E-state index contributed by atoms with van der Waals surface area (Å²) in [6.45, 7) is 6.46. The normalized spacial score (nSPS) is 10.7. The second-order valence-electron chi connectivity index (χ2n) is 3.52. The Kier molecular flexibility index (Phi) is 7.67. The maximum Gasteiger partial charge on any atom is 0.142 e. The van der Waals surface area contributed by atoms with E-state index < -0.39 is 0 Å². The number of hydrogen-bond acceptors (Lipinski definition) is 2. The van der Waals surface area contributed by atoms with Crippen LogP contribution in [0.25, 0.3) is 0 Å². The fourth-order valence-electron chi connectivity index (χ4n) is 0.852. The van der Waals surface area contributed by atoms with Gasteiger partial charge in [0.05, 0.1) is 5.75 Å². The molecule has 0 rings (SSSR count). The highest BCUT2D eigenvalue weighted by atomic mass is 32.2. The summed E-state index contributed by atoms with van der Waals surface area (Å²) in [6.07, 6.45) is 2.99. The van der Waals surface area contributed by atoms with Crippen molar-refractivity contribution in [3.63, 3.8) is 0 Å². The number of ketones is 1. The fraction of sp³-hybridized carbons (Fsp3) is 0.900. The summed E-state index contributed by atoms with van der Waals surface area (Å²) in [6, 6.07) is 0. The first-order valence-corrected chi connectivity index (χ1v) is 5.91. The number of hydrogen-bond donors (Lipinski definition) is 0. The minimum atomic E-state index is 0.419. The molecule has 0 aromatic carbocycles. The second kappa shape index (κ2) is 7.66. The number of thioether (sulfide) groups is 1. The Labute approximate surface area is 80.3 Å². The zero-order valence-electron chi connectivity index (χ0n) is 8.43. The zero-order valence-corrected chi connectivity index (χ0v) is 9.25. The van der Waals surface area contributed by atoms with E-state index in [0.29, 0.717) is 11.7 Å². The molecular weight excluding hydrogens is 168 g/mol. The molecular formula is C10H20OS.